The minimum absolute atomic E-state index is 0. The van der Waals surface area contributed by atoms with Crippen molar-refractivity contribution in [3.05, 3.63) is 65.2 Å². The van der Waals surface area contributed by atoms with Gasteiger partial charge < -0.3 is 4.74 Å². The summed E-state index contributed by atoms with van der Waals surface area (Å²) in [5, 5.41) is 0. The molecule has 2 aromatic rings. The van der Waals surface area contributed by atoms with E-state index in [1.54, 1.807) is 0 Å². The van der Waals surface area contributed by atoms with Gasteiger partial charge in [-0.3, -0.25) is 9.69 Å². The molecule has 30 heavy (non-hydrogen) atoms. The summed E-state index contributed by atoms with van der Waals surface area (Å²) in [5.41, 5.74) is 4.15. The zero-order valence-electron chi connectivity index (χ0n) is 18.4. The van der Waals surface area contributed by atoms with Crippen LogP contribution >= 0.6 is 12.4 Å². The first-order chi connectivity index (χ1) is 14.1. The molecule has 0 radical (unpaired) electrons. The van der Waals surface area contributed by atoms with E-state index in [2.05, 4.69) is 61.2 Å². The van der Waals surface area contributed by atoms with Crippen molar-refractivity contribution in [2.45, 2.75) is 64.3 Å². The second-order valence-electron chi connectivity index (χ2n) is 8.80. The van der Waals surface area contributed by atoms with Gasteiger partial charge in [0.1, 0.15) is 5.75 Å². The largest absolute Gasteiger partial charge is 0.427 e. The molecule has 2 aromatic carbocycles. The molecule has 2 bridgehead atoms. The molecule has 1 aliphatic heterocycles. The Kier molecular flexibility index (Phi) is 7.26. The first kappa shape index (κ1) is 22.8. The lowest BCUT2D eigenvalue weighted by atomic mass is 9.55. The fraction of sp³-hybridized carbons (Fsp3) is 0.500. The van der Waals surface area contributed by atoms with Crippen molar-refractivity contribution in [1.82, 2.24) is 4.90 Å². The van der Waals surface area contributed by atoms with Crippen molar-refractivity contribution in [1.29, 1.82) is 0 Å². The molecule has 3 atom stereocenters. The van der Waals surface area contributed by atoms with Crippen LogP contribution in [0.5, 0.6) is 5.75 Å². The summed E-state index contributed by atoms with van der Waals surface area (Å²) in [6, 6.07) is 17.8. The zero-order chi connectivity index (χ0) is 20.4. The van der Waals surface area contributed by atoms with E-state index in [0.717, 1.165) is 19.4 Å². The quantitative estimate of drug-likeness (QED) is 0.332. The molecule has 0 saturated carbocycles. The predicted octanol–water partition coefficient (Wildman–Crippen LogP) is 5.78. The average molecular weight is 428 g/mol. The summed E-state index contributed by atoms with van der Waals surface area (Å²) in [4.78, 5) is 14.3. The standard InChI is InChI=1S/C26H33NO2.ClH/c1-4-5-9-15-27-16-14-26(22-10-7-6-8-11-22)19(2)25(27)17-21-12-13-23(18-24(21)26)29-20(3)28;/h6-8,10-13,18-19,25H,4-5,9,14-17H2,1-3H3;1H. The summed E-state index contributed by atoms with van der Waals surface area (Å²) in [6.45, 7) is 8.52. The molecule has 1 heterocycles. The maximum absolute atomic E-state index is 11.5. The van der Waals surface area contributed by atoms with E-state index in [-0.39, 0.29) is 23.8 Å². The number of hydrogen-bond acceptors (Lipinski definition) is 3. The van der Waals surface area contributed by atoms with Crippen molar-refractivity contribution in [3.63, 3.8) is 0 Å². The highest BCUT2D eigenvalue weighted by atomic mass is 35.5. The van der Waals surface area contributed by atoms with Crippen LogP contribution in [0.1, 0.15) is 63.1 Å². The number of nitrogens with zero attached hydrogens (tertiary/aromatic N) is 1. The van der Waals surface area contributed by atoms with Gasteiger partial charge in [0.2, 0.25) is 0 Å². The molecular formula is C26H34ClNO2. The van der Waals surface area contributed by atoms with E-state index in [0.29, 0.717) is 17.7 Å². The minimum atomic E-state index is -0.258. The van der Waals surface area contributed by atoms with E-state index in [4.69, 9.17) is 4.74 Å². The summed E-state index contributed by atoms with van der Waals surface area (Å²) < 4.78 is 5.47. The number of hydrogen-bond donors (Lipinski definition) is 0. The summed E-state index contributed by atoms with van der Waals surface area (Å²) >= 11 is 0. The molecule has 3 unspecified atom stereocenters. The molecule has 162 valence electrons. The Morgan fingerprint density at radius 2 is 1.93 bits per heavy atom. The molecule has 1 fully saturated rings. The van der Waals surface area contributed by atoms with Crippen LogP contribution in [0.3, 0.4) is 0 Å². The molecule has 1 aliphatic carbocycles. The lowest BCUT2D eigenvalue weighted by Gasteiger charge is -2.56. The summed E-state index contributed by atoms with van der Waals surface area (Å²) in [5.74, 6) is 0.925. The van der Waals surface area contributed by atoms with Crippen LogP contribution in [-0.2, 0) is 16.6 Å². The second-order valence-corrected chi connectivity index (χ2v) is 8.80. The topological polar surface area (TPSA) is 29.5 Å². The molecule has 0 amide bonds. The monoisotopic (exact) mass is 427 g/mol. The number of carbonyl (C=O) groups is 1. The van der Waals surface area contributed by atoms with E-state index in [1.807, 2.05) is 6.07 Å². The van der Waals surface area contributed by atoms with Crippen molar-refractivity contribution >= 4 is 18.4 Å². The second kappa shape index (κ2) is 9.53. The van der Waals surface area contributed by atoms with Gasteiger partial charge in [-0.05, 0) is 67.1 Å². The number of benzene rings is 2. The van der Waals surface area contributed by atoms with Gasteiger partial charge in [0, 0.05) is 18.4 Å². The lowest BCUT2D eigenvalue weighted by Crippen LogP contribution is -2.59. The van der Waals surface area contributed by atoms with Gasteiger partial charge in [-0.2, -0.15) is 0 Å². The molecule has 2 aliphatic rings. The molecule has 0 aromatic heterocycles. The van der Waals surface area contributed by atoms with Crippen LogP contribution in [0.2, 0.25) is 0 Å². The third kappa shape index (κ3) is 4.02. The molecule has 0 N–H and O–H groups in total. The SMILES string of the molecule is CCCCCN1CCC2(c3ccccc3)c3cc(OC(C)=O)ccc3CC1C2C.Cl. The highest BCUT2D eigenvalue weighted by molar-refractivity contribution is 5.85. The summed E-state index contributed by atoms with van der Waals surface area (Å²) in [6.07, 6.45) is 6.05. The number of likely N-dealkylation sites (tertiary alicyclic amines) is 1. The normalized spacial score (nSPS) is 25.2. The number of ether oxygens (including phenoxy) is 1. The third-order valence-electron chi connectivity index (χ3n) is 7.21. The van der Waals surface area contributed by atoms with E-state index in [9.17, 15) is 4.79 Å². The maximum atomic E-state index is 11.5. The van der Waals surface area contributed by atoms with E-state index in [1.165, 1.54) is 49.4 Å². The number of piperidine rings is 1. The van der Waals surface area contributed by atoms with Crippen molar-refractivity contribution in [3.8, 4) is 5.75 Å². The fourth-order valence-electron chi connectivity index (χ4n) is 5.79. The molecular weight excluding hydrogens is 394 g/mol. The maximum Gasteiger partial charge on any atom is 0.308 e. The van der Waals surface area contributed by atoms with Gasteiger partial charge >= 0.3 is 5.97 Å². The number of halogens is 1. The van der Waals surface area contributed by atoms with Gasteiger partial charge in [0.15, 0.2) is 0 Å². The lowest BCUT2D eigenvalue weighted by molar-refractivity contribution is -0.131. The number of unbranched alkanes of at least 4 members (excludes halogenated alkanes) is 2. The first-order valence-corrected chi connectivity index (χ1v) is 11.2. The molecule has 0 spiro atoms. The van der Waals surface area contributed by atoms with Crippen molar-refractivity contribution < 1.29 is 9.53 Å². The predicted molar refractivity (Wildman–Crippen MR) is 125 cm³/mol. The Bertz CT molecular complexity index is 869. The molecule has 1 saturated heterocycles. The van der Waals surface area contributed by atoms with Gasteiger partial charge in [-0.1, -0.05) is 63.1 Å². The van der Waals surface area contributed by atoms with Crippen molar-refractivity contribution in [2.24, 2.45) is 5.92 Å². The smallest absolute Gasteiger partial charge is 0.308 e. The van der Waals surface area contributed by atoms with Crippen molar-refractivity contribution in [2.75, 3.05) is 13.1 Å². The Hall–Kier alpha value is -1.84. The fourth-order valence-corrected chi connectivity index (χ4v) is 5.79. The van der Waals surface area contributed by atoms with Crippen LogP contribution in [0.15, 0.2) is 48.5 Å². The summed E-state index contributed by atoms with van der Waals surface area (Å²) in [7, 11) is 0. The minimum Gasteiger partial charge on any atom is -0.427 e. The zero-order valence-corrected chi connectivity index (χ0v) is 19.2. The Balaban J connectivity index is 0.00000256. The van der Waals surface area contributed by atoms with Crippen LogP contribution in [-0.4, -0.2) is 30.0 Å². The molecule has 3 nitrogen and oxygen atoms in total. The number of carbonyl (C=O) groups excluding carboxylic acids is 1. The Morgan fingerprint density at radius 1 is 1.17 bits per heavy atom. The van der Waals surface area contributed by atoms with Gasteiger partial charge in [0.25, 0.3) is 0 Å². The number of fused-ring (bicyclic) bond motifs is 4. The highest BCUT2D eigenvalue weighted by Crippen LogP contribution is 2.53. The first-order valence-electron chi connectivity index (χ1n) is 11.2. The van der Waals surface area contributed by atoms with Gasteiger partial charge in [-0.25, -0.2) is 0 Å². The van der Waals surface area contributed by atoms with E-state index < -0.39 is 0 Å². The molecule has 4 rings (SSSR count). The number of esters is 1. The van der Waals surface area contributed by atoms with Gasteiger partial charge in [0.05, 0.1) is 0 Å². The highest BCUT2D eigenvalue weighted by Gasteiger charge is 2.52. The van der Waals surface area contributed by atoms with Crippen LogP contribution < -0.4 is 4.74 Å². The van der Waals surface area contributed by atoms with Gasteiger partial charge in [-0.15, -0.1) is 12.4 Å². The van der Waals surface area contributed by atoms with Crippen LogP contribution in [0.4, 0.5) is 0 Å². The van der Waals surface area contributed by atoms with E-state index >= 15 is 0 Å². The third-order valence-corrected chi connectivity index (χ3v) is 7.21. The van der Waals surface area contributed by atoms with Crippen LogP contribution in [0, 0.1) is 5.92 Å². The average Bonchev–Trinajstić information content (AvgIpc) is 2.71. The van der Waals surface area contributed by atoms with Crippen LogP contribution in [0.25, 0.3) is 0 Å². The Morgan fingerprint density at radius 3 is 2.63 bits per heavy atom. The molecule has 4 heteroatoms. The Labute approximate surface area is 187 Å². The number of rotatable bonds is 6.